The van der Waals surface area contributed by atoms with Gasteiger partial charge in [-0.25, -0.2) is 0 Å². The van der Waals surface area contributed by atoms with Crippen LogP contribution in [0.1, 0.15) is 19.3 Å². The Bertz CT molecular complexity index is 176. The van der Waals surface area contributed by atoms with Gasteiger partial charge in [0, 0.05) is 25.9 Å². The summed E-state index contributed by atoms with van der Waals surface area (Å²) >= 11 is 0. The molecule has 1 amide bonds. The summed E-state index contributed by atoms with van der Waals surface area (Å²) in [5.74, 6) is -0.221. The van der Waals surface area contributed by atoms with Crippen molar-refractivity contribution in [2.75, 3.05) is 20.1 Å². The van der Waals surface area contributed by atoms with Gasteiger partial charge >= 0.3 is 6.18 Å². The minimum Gasteiger partial charge on any atom is -0.356 e. The van der Waals surface area contributed by atoms with Crippen LogP contribution in [0, 0.1) is 0 Å². The summed E-state index contributed by atoms with van der Waals surface area (Å²) in [6, 6.07) is 0. The van der Waals surface area contributed by atoms with E-state index in [2.05, 4.69) is 10.6 Å². The van der Waals surface area contributed by atoms with Gasteiger partial charge in [0.25, 0.3) is 0 Å². The van der Waals surface area contributed by atoms with Gasteiger partial charge in [0.05, 0.1) is 0 Å². The Morgan fingerprint density at radius 3 is 2.33 bits per heavy atom. The zero-order valence-corrected chi connectivity index (χ0v) is 9.30. The maximum absolute atomic E-state index is 11.7. The Labute approximate surface area is 93.2 Å². The highest BCUT2D eigenvalue weighted by atomic mass is 35.5. The molecular formula is C8H16ClF3N2O. The van der Waals surface area contributed by atoms with Crippen molar-refractivity contribution in [3.05, 3.63) is 0 Å². The maximum atomic E-state index is 11.7. The molecule has 0 aromatic rings. The highest BCUT2D eigenvalue weighted by molar-refractivity contribution is 5.85. The Morgan fingerprint density at radius 2 is 1.87 bits per heavy atom. The summed E-state index contributed by atoms with van der Waals surface area (Å²) in [7, 11) is 1.71. The third kappa shape index (κ3) is 13.5. The van der Waals surface area contributed by atoms with Gasteiger partial charge < -0.3 is 10.6 Å². The second kappa shape index (κ2) is 8.79. The van der Waals surface area contributed by atoms with Crippen LogP contribution in [0.5, 0.6) is 0 Å². The summed E-state index contributed by atoms with van der Waals surface area (Å²) in [5.41, 5.74) is 0. The van der Waals surface area contributed by atoms with Crippen LogP contribution >= 0.6 is 12.4 Å². The van der Waals surface area contributed by atoms with Crippen molar-refractivity contribution in [3.63, 3.8) is 0 Å². The topological polar surface area (TPSA) is 41.1 Å². The number of carbonyl (C=O) groups excluding carboxylic acids is 1. The van der Waals surface area contributed by atoms with E-state index in [0.717, 1.165) is 0 Å². The molecule has 0 bridgehead atoms. The van der Waals surface area contributed by atoms with Gasteiger partial charge in [-0.2, -0.15) is 13.2 Å². The third-order valence-corrected chi connectivity index (χ3v) is 1.56. The molecule has 0 heterocycles. The minimum atomic E-state index is -4.13. The van der Waals surface area contributed by atoms with Crippen molar-refractivity contribution in [1.29, 1.82) is 0 Å². The fourth-order valence-corrected chi connectivity index (χ4v) is 0.844. The number of rotatable bonds is 6. The fourth-order valence-electron chi connectivity index (χ4n) is 0.844. The lowest BCUT2D eigenvalue weighted by molar-refractivity contribution is -0.136. The first-order valence-electron chi connectivity index (χ1n) is 4.44. The number of nitrogens with one attached hydrogen (secondary N) is 2. The van der Waals surface area contributed by atoms with Crippen LogP contribution in [-0.2, 0) is 4.79 Å². The molecule has 2 N–H and O–H groups in total. The number of halogens is 4. The first-order chi connectivity index (χ1) is 6.45. The van der Waals surface area contributed by atoms with E-state index in [0.29, 0.717) is 13.0 Å². The molecule has 0 aliphatic rings. The first kappa shape index (κ1) is 16.9. The Kier molecular flexibility index (Phi) is 9.92. The molecule has 0 saturated carbocycles. The molecule has 0 aliphatic heterocycles. The second-order valence-corrected chi connectivity index (χ2v) is 2.92. The Morgan fingerprint density at radius 1 is 1.27 bits per heavy atom. The van der Waals surface area contributed by atoms with Gasteiger partial charge in [0.1, 0.15) is 0 Å². The van der Waals surface area contributed by atoms with Crippen LogP contribution in [0.15, 0.2) is 0 Å². The lowest BCUT2D eigenvalue weighted by atomic mass is 10.3. The van der Waals surface area contributed by atoms with E-state index >= 15 is 0 Å². The highest BCUT2D eigenvalue weighted by Gasteiger charge is 2.25. The van der Waals surface area contributed by atoms with Crippen molar-refractivity contribution in [2.24, 2.45) is 0 Å². The highest BCUT2D eigenvalue weighted by Crippen LogP contribution is 2.20. The van der Waals surface area contributed by atoms with E-state index in [1.165, 1.54) is 0 Å². The van der Waals surface area contributed by atoms with Crippen LogP contribution in [0.3, 0.4) is 0 Å². The van der Waals surface area contributed by atoms with Crippen LogP contribution in [0.25, 0.3) is 0 Å². The van der Waals surface area contributed by atoms with Crippen LogP contribution < -0.4 is 10.6 Å². The quantitative estimate of drug-likeness (QED) is 0.699. The molecule has 0 spiro atoms. The normalized spacial score (nSPS) is 10.7. The number of hydrogen-bond acceptors (Lipinski definition) is 2. The Hall–Kier alpha value is -0.490. The predicted molar refractivity (Wildman–Crippen MR) is 54.1 cm³/mol. The predicted octanol–water partition coefficient (Wildman–Crippen LogP) is 1.48. The first-order valence-corrected chi connectivity index (χ1v) is 4.44. The summed E-state index contributed by atoms with van der Waals surface area (Å²) in [5, 5.41) is 5.18. The molecule has 7 heteroatoms. The summed E-state index contributed by atoms with van der Waals surface area (Å²) in [6.45, 7) is 0.618. The van der Waals surface area contributed by atoms with Gasteiger partial charge in [-0.3, -0.25) is 4.79 Å². The van der Waals surface area contributed by atoms with E-state index in [9.17, 15) is 18.0 Å². The third-order valence-electron chi connectivity index (χ3n) is 1.56. The SMILES string of the molecule is CNCCC(=O)NCCCC(F)(F)F.Cl. The lowest BCUT2D eigenvalue weighted by Gasteiger charge is -2.07. The molecule has 92 valence electrons. The van der Waals surface area contributed by atoms with Gasteiger partial charge in [-0.05, 0) is 13.5 Å². The van der Waals surface area contributed by atoms with Crippen LogP contribution in [-0.4, -0.2) is 32.2 Å². The van der Waals surface area contributed by atoms with Gasteiger partial charge in [-0.15, -0.1) is 12.4 Å². The number of carbonyl (C=O) groups is 1. The minimum absolute atomic E-state index is 0. The summed E-state index contributed by atoms with van der Waals surface area (Å²) in [6.07, 6.45) is -4.74. The van der Waals surface area contributed by atoms with Crippen molar-refractivity contribution < 1.29 is 18.0 Å². The van der Waals surface area contributed by atoms with E-state index in [1.54, 1.807) is 7.05 Å². The second-order valence-electron chi connectivity index (χ2n) is 2.92. The van der Waals surface area contributed by atoms with Crippen molar-refractivity contribution in [3.8, 4) is 0 Å². The van der Waals surface area contributed by atoms with Crippen molar-refractivity contribution in [1.82, 2.24) is 10.6 Å². The van der Waals surface area contributed by atoms with Gasteiger partial charge in [-0.1, -0.05) is 0 Å². The number of amides is 1. The van der Waals surface area contributed by atoms with E-state index in [-0.39, 0.29) is 31.3 Å². The van der Waals surface area contributed by atoms with E-state index in [1.807, 2.05) is 0 Å². The Balaban J connectivity index is 0. The molecule has 3 nitrogen and oxygen atoms in total. The van der Waals surface area contributed by atoms with Crippen LogP contribution in [0.2, 0.25) is 0 Å². The maximum Gasteiger partial charge on any atom is 0.389 e. The molecule has 0 atom stereocenters. The standard InChI is InChI=1S/C8H15F3N2O.ClH/c1-12-6-3-7(14)13-5-2-4-8(9,10)11;/h12H,2-6H2,1H3,(H,13,14);1H. The summed E-state index contributed by atoms with van der Waals surface area (Å²) < 4.78 is 35.0. The average molecular weight is 249 g/mol. The fraction of sp³-hybridized carbons (Fsp3) is 0.875. The van der Waals surface area contributed by atoms with E-state index < -0.39 is 12.6 Å². The number of alkyl halides is 3. The smallest absolute Gasteiger partial charge is 0.356 e. The lowest BCUT2D eigenvalue weighted by Crippen LogP contribution is -2.28. The molecule has 0 aliphatic carbocycles. The molecule has 0 unspecified atom stereocenters. The zero-order chi connectivity index (χ0) is 11.0. The molecule has 0 fully saturated rings. The molecular weight excluding hydrogens is 233 g/mol. The zero-order valence-electron chi connectivity index (χ0n) is 8.49. The van der Waals surface area contributed by atoms with Gasteiger partial charge in [0.15, 0.2) is 0 Å². The molecule has 0 rings (SSSR count). The monoisotopic (exact) mass is 248 g/mol. The average Bonchev–Trinajstić information content (AvgIpc) is 2.07. The number of hydrogen-bond donors (Lipinski definition) is 2. The van der Waals surface area contributed by atoms with Crippen molar-refractivity contribution >= 4 is 18.3 Å². The molecule has 0 aromatic carbocycles. The molecule has 0 radical (unpaired) electrons. The molecule has 0 aromatic heterocycles. The largest absolute Gasteiger partial charge is 0.389 e. The van der Waals surface area contributed by atoms with E-state index in [4.69, 9.17) is 0 Å². The molecule has 0 saturated heterocycles. The van der Waals surface area contributed by atoms with Crippen LogP contribution in [0.4, 0.5) is 13.2 Å². The van der Waals surface area contributed by atoms with Gasteiger partial charge in [0.2, 0.25) is 5.91 Å². The molecule has 15 heavy (non-hydrogen) atoms. The van der Waals surface area contributed by atoms with Crippen molar-refractivity contribution in [2.45, 2.75) is 25.4 Å². The summed E-state index contributed by atoms with van der Waals surface area (Å²) in [4.78, 5) is 10.9.